The third-order valence-electron chi connectivity index (χ3n) is 7.26. The zero-order valence-electron chi connectivity index (χ0n) is 17.5. The van der Waals surface area contributed by atoms with Gasteiger partial charge in [0, 0.05) is 30.9 Å². The number of nitrogens with zero attached hydrogens (tertiary/aromatic N) is 2. The van der Waals surface area contributed by atoms with Gasteiger partial charge in [-0.3, -0.25) is 14.6 Å². The van der Waals surface area contributed by atoms with Crippen LogP contribution in [0, 0.1) is 5.41 Å². The SMILES string of the molecule is C[C@H](NC(=O)c1ccc([C@H]2C[C@@H]2c2ccccc2)nc1)C(=O)N1CCC2(CC1)CC2. The molecule has 156 valence electrons. The van der Waals surface area contributed by atoms with Gasteiger partial charge in [-0.1, -0.05) is 30.3 Å². The van der Waals surface area contributed by atoms with E-state index in [2.05, 4.69) is 34.6 Å². The predicted octanol–water partition coefficient (Wildman–Crippen LogP) is 3.87. The van der Waals surface area contributed by atoms with Gasteiger partial charge in [0.25, 0.3) is 5.91 Å². The molecule has 1 N–H and O–H groups in total. The molecule has 1 aliphatic heterocycles. The fourth-order valence-corrected chi connectivity index (χ4v) is 4.84. The molecule has 5 heteroatoms. The van der Waals surface area contributed by atoms with Crippen molar-refractivity contribution in [1.29, 1.82) is 0 Å². The molecule has 3 aliphatic rings. The molecule has 2 aromatic rings. The number of amides is 2. The Labute approximate surface area is 177 Å². The minimum Gasteiger partial charge on any atom is -0.341 e. The molecule has 1 spiro atoms. The lowest BCUT2D eigenvalue weighted by Gasteiger charge is -2.33. The van der Waals surface area contributed by atoms with Gasteiger partial charge in [-0.2, -0.15) is 0 Å². The summed E-state index contributed by atoms with van der Waals surface area (Å²) < 4.78 is 0. The Kier molecular flexibility index (Phi) is 4.84. The molecule has 5 nitrogen and oxygen atoms in total. The lowest BCUT2D eigenvalue weighted by Crippen LogP contribution is -2.49. The number of aromatic nitrogens is 1. The molecule has 2 aliphatic carbocycles. The minimum absolute atomic E-state index is 0.0205. The van der Waals surface area contributed by atoms with Crippen LogP contribution < -0.4 is 5.32 Å². The highest BCUT2D eigenvalue weighted by molar-refractivity contribution is 5.97. The van der Waals surface area contributed by atoms with Gasteiger partial charge < -0.3 is 10.2 Å². The van der Waals surface area contributed by atoms with Crippen molar-refractivity contribution in [3.05, 3.63) is 65.5 Å². The Morgan fingerprint density at radius 1 is 1.03 bits per heavy atom. The molecule has 0 radical (unpaired) electrons. The molecule has 1 aromatic heterocycles. The van der Waals surface area contributed by atoms with Gasteiger partial charge in [0.1, 0.15) is 6.04 Å². The number of likely N-dealkylation sites (tertiary alicyclic amines) is 1. The maximum Gasteiger partial charge on any atom is 0.253 e. The second kappa shape index (κ2) is 7.53. The largest absolute Gasteiger partial charge is 0.341 e. The molecule has 2 saturated carbocycles. The third kappa shape index (κ3) is 3.85. The summed E-state index contributed by atoms with van der Waals surface area (Å²) in [6, 6.07) is 13.8. The number of rotatable bonds is 5. The second-order valence-corrected chi connectivity index (χ2v) is 9.35. The van der Waals surface area contributed by atoms with Crippen LogP contribution in [0.1, 0.15) is 72.5 Å². The van der Waals surface area contributed by atoms with Crippen LogP contribution in [0.15, 0.2) is 48.7 Å². The normalized spacial score (nSPS) is 24.9. The lowest BCUT2D eigenvalue weighted by atomic mass is 9.93. The highest BCUT2D eigenvalue weighted by atomic mass is 16.2. The average Bonchev–Trinajstić information content (AvgIpc) is 3.71. The number of hydrogen-bond donors (Lipinski definition) is 1. The van der Waals surface area contributed by atoms with Gasteiger partial charge in [-0.05, 0) is 68.1 Å². The van der Waals surface area contributed by atoms with Gasteiger partial charge in [0.15, 0.2) is 0 Å². The van der Waals surface area contributed by atoms with Crippen molar-refractivity contribution in [3.8, 4) is 0 Å². The van der Waals surface area contributed by atoms with Crippen molar-refractivity contribution in [2.45, 2.75) is 56.9 Å². The topological polar surface area (TPSA) is 62.3 Å². The minimum atomic E-state index is -0.517. The monoisotopic (exact) mass is 403 g/mol. The second-order valence-electron chi connectivity index (χ2n) is 9.35. The van der Waals surface area contributed by atoms with Crippen molar-refractivity contribution >= 4 is 11.8 Å². The van der Waals surface area contributed by atoms with Crippen LogP contribution in [-0.4, -0.2) is 40.8 Å². The molecule has 0 unspecified atom stereocenters. The van der Waals surface area contributed by atoms with Crippen LogP contribution in [0.5, 0.6) is 0 Å². The van der Waals surface area contributed by atoms with E-state index in [9.17, 15) is 9.59 Å². The van der Waals surface area contributed by atoms with Gasteiger partial charge in [0.05, 0.1) is 5.56 Å². The first-order chi connectivity index (χ1) is 14.5. The Bertz CT molecular complexity index is 927. The molecule has 2 amide bonds. The van der Waals surface area contributed by atoms with Crippen LogP contribution in [0.2, 0.25) is 0 Å². The molecule has 3 atom stereocenters. The molecular formula is C25H29N3O2. The van der Waals surface area contributed by atoms with E-state index in [0.29, 0.717) is 22.8 Å². The summed E-state index contributed by atoms with van der Waals surface area (Å²) >= 11 is 0. The summed E-state index contributed by atoms with van der Waals surface area (Å²) in [6.07, 6.45) is 7.59. The summed E-state index contributed by atoms with van der Waals surface area (Å²) in [5.41, 5.74) is 3.43. The summed E-state index contributed by atoms with van der Waals surface area (Å²) in [5.74, 6) is 0.738. The van der Waals surface area contributed by atoms with E-state index in [-0.39, 0.29) is 11.8 Å². The van der Waals surface area contributed by atoms with Gasteiger partial charge in [-0.25, -0.2) is 0 Å². The number of carbonyl (C=O) groups excluding carboxylic acids is 2. The quantitative estimate of drug-likeness (QED) is 0.824. The Morgan fingerprint density at radius 2 is 1.77 bits per heavy atom. The molecule has 1 aromatic carbocycles. The van der Waals surface area contributed by atoms with E-state index in [4.69, 9.17) is 0 Å². The molecule has 5 rings (SSSR count). The average molecular weight is 404 g/mol. The Hall–Kier alpha value is -2.69. The van der Waals surface area contributed by atoms with Crippen molar-refractivity contribution in [2.75, 3.05) is 13.1 Å². The highest BCUT2D eigenvalue weighted by Gasteiger charge is 2.45. The smallest absolute Gasteiger partial charge is 0.253 e. The number of carbonyl (C=O) groups is 2. The number of hydrogen-bond acceptors (Lipinski definition) is 3. The summed E-state index contributed by atoms with van der Waals surface area (Å²) in [6.45, 7) is 3.41. The van der Waals surface area contributed by atoms with Crippen LogP contribution in [-0.2, 0) is 4.79 Å². The van der Waals surface area contributed by atoms with Crippen molar-refractivity contribution in [1.82, 2.24) is 15.2 Å². The fourth-order valence-electron chi connectivity index (χ4n) is 4.84. The summed E-state index contributed by atoms with van der Waals surface area (Å²) in [7, 11) is 0. The zero-order valence-corrected chi connectivity index (χ0v) is 17.5. The summed E-state index contributed by atoms with van der Waals surface area (Å²) in [4.78, 5) is 31.8. The Balaban J connectivity index is 1.15. The number of pyridine rings is 1. The first kappa shape index (κ1) is 19.3. The number of nitrogens with one attached hydrogen (secondary N) is 1. The van der Waals surface area contributed by atoms with Crippen molar-refractivity contribution < 1.29 is 9.59 Å². The number of piperidine rings is 1. The van der Waals surface area contributed by atoms with Gasteiger partial charge >= 0.3 is 0 Å². The standard InChI is InChI=1S/C25H29N3O2/c1-17(24(30)28-13-11-25(9-10-25)12-14-28)27-23(29)19-7-8-22(26-16-19)21-15-20(21)18-5-3-2-4-6-18/h2-8,16-17,20-21H,9-15H2,1H3,(H,27,29)/t17-,20+,21-/m0/s1. The van der Waals surface area contributed by atoms with E-state index in [1.807, 2.05) is 23.1 Å². The summed E-state index contributed by atoms with van der Waals surface area (Å²) in [5, 5.41) is 2.86. The van der Waals surface area contributed by atoms with Crippen LogP contribution >= 0.6 is 0 Å². The highest BCUT2D eigenvalue weighted by Crippen LogP contribution is 2.54. The van der Waals surface area contributed by atoms with Gasteiger partial charge in [-0.15, -0.1) is 0 Å². The van der Waals surface area contributed by atoms with Crippen LogP contribution in [0.25, 0.3) is 0 Å². The van der Waals surface area contributed by atoms with E-state index in [1.54, 1.807) is 13.1 Å². The van der Waals surface area contributed by atoms with Crippen molar-refractivity contribution in [3.63, 3.8) is 0 Å². The fraction of sp³-hybridized carbons (Fsp3) is 0.480. The van der Waals surface area contributed by atoms with E-state index >= 15 is 0 Å². The third-order valence-corrected chi connectivity index (χ3v) is 7.26. The lowest BCUT2D eigenvalue weighted by molar-refractivity contribution is -0.134. The zero-order chi connectivity index (χ0) is 20.7. The first-order valence-corrected chi connectivity index (χ1v) is 11.2. The molecule has 3 fully saturated rings. The van der Waals surface area contributed by atoms with E-state index in [1.165, 1.54) is 18.4 Å². The van der Waals surface area contributed by atoms with Crippen LogP contribution in [0.3, 0.4) is 0 Å². The number of benzene rings is 1. The molecular weight excluding hydrogens is 374 g/mol. The molecule has 30 heavy (non-hydrogen) atoms. The van der Waals surface area contributed by atoms with Gasteiger partial charge in [0.2, 0.25) is 5.91 Å². The predicted molar refractivity (Wildman–Crippen MR) is 115 cm³/mol. The van der Waals surface area contributed by atoms with E-state index < -0.39 is 6.04 Å². The molecule has 0 bridgehead atoms. The van der Waals surface area contributed by atoms with Crippen molar-refractivity contribution in [2.24, 2.45) is 5.41 Å². The maximum absolute atomic E-state index is 12.7. The first-order valence-electron chi connectivity index (χ1n) is 11.2. The Morgan fingerprint density at radius 3 is 2.40 bits per heavy atom. The molecule has 2 heterocycles. The maximum atomic E-state index is 12.7. The van der Waals surface area contributed by atoms with E-state index in [0.717, 1.165) is 38.0 Å². The molecule has 1 saturated heterocycles. The van der Waals surface area contributed by atoms with Crippen LogP contribution in [0.4, 0.5) is 0 Å².